The maximum Gasteiger partial charge on any atom is 0.407 e. The molecule has 2 aromatic carbocycles. The van der Waals surface area contributed by atoms with Crippen LogP contribution in [0.3, 0.4) is 0 Å². The molecular weight excluding hydrogens is 654 g/mol. The molecule has 0 bridgehead atoms. The largest absolute Gasteiger partial charge is 0.453 e. The SMILES string of the molecule is COCCCNC(=O)[C@@H]1CCCCC1C1=NC=C(c2ccc(-c3ccc(C4=CN=C([C@@H]5CCCN5C(=O)[C@@H](NC(=O)OC)C(C)C)C4)cc3)cc2)C1. The Hall–Kier alpha value is -4.57. The molecule has 2 aromatic rings. The fraction of sp³-hybridized carbons (Fsp3) is 0.500. The third kappa shape index (κ3) is 8.55. The molecule has 4 atom stereocenters. The standard InChI is InChI=1S/C42H53N5O5/c1-27(2)39(46-42(50)52-4)41(49)47-21-7-11-38(47)37-24-33(26-45-37)31-18-14-29(15-19-31)28-12-16-30(17-13-28)32-23-36(44-25-32)34-9-5-6-10-35(34)40(48)43-20-8-22-51-3/h12-19,25-27,34-35,38-39H,5-11,20-24H2,1-4H3,(H,43,48)(H,46,50)/t34?,35-,38+,39+/m1/s1. The third-order valence-electron chi connectivity index (χ3n) is 11.0. The van der Waals surface area contributed by atoms with E-state index in [0.717, 1.165) is 90.6 Å². The van der Waals surface area contributed by atoms with Gasteiger partial charge in [-0.1, -0.05) is 75.2 Å². The Morgan fingerprint density at radius 2 is 1.40 bits per heavy atom. The highest BCUT2D eigenvalue weighted by molar-refractivity contribution is 6.04. The predicted molar refractivity (Wildman–Crippen MR) is 206 cm³/mol. The minimum atomic E-state index is -0.643. The summed E-state index contributed by atoms with van der Waals surface area (Å²) in [6.45, 7) is 5.80. The van der Waals surface area contributed by atoms with E-state index in [1.165, 1.54) is 12.7 Å². The molecule has 1 unspecified atom stereocenters. The summed E-state index contributed by atoms with van der Waals surface area (Å²) in [5, 5.41) is 5.85. The number of hydrogen-bond acceptors (Lipinski definition) is 7. The number of aliphatic imine (C=N–C) groups is 2. The van der Waals surface area contributed by atoms with Crippen LogP contribution in [0.15, 0.2) is 70.9 Å². The van der Waals surface area contributed by atoms with Crippen molar-refractivity contribution in [3.05, 3.63) is 72.1 Å². The van der Waals surface area contributed by atoms with Gasteiger partial charge in [-0.2, -0.15) is 0 Å². The second-order valence-corrected chi connectivity index (χ2v) is 14.7. The number of carbonyl (C=O) groups excluding carboxylic acids is 3. The molecule has 1 saturated heterocycles. The van der Waals surface area contributed by atoms with Gasteiger partial charge in [0, 0.05) is 75.3 Å². The molecule has 10 nitrogen and oxygen atoms in total. The first-order valence-electron chi connectivity index (χ1n) is 18.9. The minimum absolute atomic E-state index is 0.00721. The van der Waals surface area contributed by atoms with Crippen LogP contribution in [0, 0.1) is 17.8 Å². The van der Waals surface area contributed by atoms with Crippen LogP contribution in [0.5, 0.6) is 0 Å². The number of carbonyl (C=O) groups is 3. The van der Waals surface area contributed by atoms with Crippen LogP contribution in [-0.2, 0) is 19.1 Å². The molecule has 0 radical (unpaired) electrons. The molecule has 276 valence electrons. The summed E-state index contributed by atoms with van der Waals surface area (Å²) in [7, 11) is 2.99. The molecular formula is C42H53N5O5. The number of nitrogens with zero attached hydrogens (tertiary/aromatic N) is 3. The maximum absolute atomic E-state index is 13.5. The lowest BCUT2D eigenvalue weighted by molar-refractivity contribution is -0.134. The van der Waals surface area contributed by atoms with Crippen LogP contribution in [0.1, 0.15) is 82.8 Å². The summed E-state index contributed by atoms with van der Waals surface area (Å²) in [6, 6.07) is 16.6. The fourth-order valence-corrected chi connectivity index (χ4v) is 8.09. The molecule has 6 rings (SSSR count). The van der Waals surface area contributed by atoms with Crippen LogP contribution < -0.4 is 10.6 Å². The summed E-state index contributed by atoms with van der Waals surface area (Å²) in [4.78, 5) is 50.1. The van der Waals surface area contributed by atoms with Crippen molar-refractivity contribution < 1.29 is 23.9 Å². The first kappa shape index (κ1) is 37.2. The Labute approximate surface area is 307 Å². The van der Waals surface area contributed by atoms with E-state index in [1.54, 1.807) is 7.11 Å². The van der Waals surface area contributed by atoms with E-state index in [0.29, 0.717) is 26.1 Å². The van der Waals surface area contributed by atoms with Gasteiger partial charge in [0.05, 0.1) is 13.2 Å². The lowest BCUT2D eigenvalue weighted by Crippen LogP contribution is -2.53. The third-order valence-corrected chi connectivity index (χ3v) is 11.0. The molecule has 3 amide bonds. The van der Waals surface area contributed by atoms with Crippen molar-refractivity contribution in [1.29, 1.82) is 0 Å². The summed E-state index contributed by atoms with van der Waals surface area (Å²) in [5.74, 6) is 0.195. The van der Waals surface area contributed by atoms with Gasteiger partial charge in [0.2, 0.25) is 11.8 Å². The quantitative estimate of drug-likeness (QED) is 0.216. The highest BCUT2D eigenvalue weighted by Crippen LogP contribution is 2.37. The highest BCUT2D eigenvalue weighted by Gasteiger charge is 2.39. The van der Waals surface area contributed by atoms with Crippen molar-refractivity contribution >= 4 is 40.5 Å². The molecule has 10 heteroatoms. The number of methoxy groups -OCH3 is 2. The molecule has 2 N–H and O–H groups in total. The Morgan fingerprint density at radius 1 is 0.808 bits per heavy atom. The van der Waals surface area contributed by atoms with Crippen LogP contribution in [0.4, 0.5) is 4.79 Å². The lowest BCUT2D eigenvalue weighted by Gasteiger charge is -2.31. The van der Waals surface area contributed by atoms with Gasteiger partial charge >= 0.3 is 6.09 Å². The van der Waals surface area contributed by atoms with Crippen molar-refractivity contribution in [2.45, 2.75) is 83.7 Å². The molecule has 52 heavy (non-hydrogen) atoms. The van der Waals surface area contributed by atoms with Gasteiger partial charge in [0.15, 0.2) is 0 Å². The van der Waals surface area contributed by atoms with Gasteiger partial charge < -0.3 is 25.0 Å². The Morgan fingerprint density at radius 3 is 2.02 bits per heavy atom. The average Bonchev–Trinajstić information content (AvgIpc) is 3.97. The van der Waals surface area contributed by atoms with E-state index in [2.05, 4.69) is 59.2 Å². The van der Waals surface area contributed by atoms with Crippen molar-refractivity contribution in [3.63, 3.8) is 0 Å². The Balaban J connectivity index is 1.03. The molecule has 1 aliphatic carbocycles. The van der Waals surface area contributed by atoms with Crippen LogP contribution in [0.25, 0.3) is 22.3 Å². The molecule has 4 aliphatic rings. The number of benzene rings is 2. The molecule has 1 saturated carbocycles. The van der Waals surface area contributed by atoms with E-state index in [4.69, 9.17) is 19.5 Å². The van der Waals surface area contributed by atoms with Crippen LogP contribution in [-0.4, -0.2) is 80.2 Å². The molecule has 3 heterocycles. The summed E-state index contributed by atoms with van der Waals surface area (Å²) >= 11 is 0. The smallest absolute Gasteiger partial charge is 0.407 e. The highest BCUT2D eigenvalue weighted by atomic mass is 16.5. The van der Waals surface area contributed by atoms with Crippen molar-refractivity contribution in [3.8, 4) is 11.1 Å². The van der Waals surface area contributed by atoms with Gasteiger partial charge in [-0.05, 0) is 71.4 Å². The normalized spacial score (nSPS) is 22.0. The second-order valence-electron chi connectivity index (χ2n) is 14.7. The van der Waals surface area contributed by atoms with Gasteiger partial charge in [0.1, 0.15) is 6.04 Å². The topological polar surface area (TPSA) is 122 Å². The Kier molecular flexibility index (Phi) is 12.4. The first-order chi connectivity index (χ1) is 25.3. The molecule has 0 aromatic heterocycles. The fourth-order valence-electron chi connectivity index (χ4n) is 8.09. The summed E-state index contributed by atoms with van der Waals surface area (Å²) < 4.78 is 9.89. The van der Waals surface area contributed by atoms with Crippen molar-refractivity contribution in [2.75, 3.05) is 33.9 Å². The molecule has 0 spiro atoms. The number of amides is 3. The summed E-state index contributed by atoms with van der Waals surface area (Å²) in [5.41, 5.74) is 9.04. The van der Waals surface area contributed by atoms with E-state index >= 15 is 0 Å². The molecule has 2 fully saturated rings. The predicted octanol–water partition coefficient (Wildman–Crippen LogP) is 7.06. The molecule has 3 aliphatic heterocycles. The lowest BCUT2D eigenvalue weighted by atomic mass is 9.75. The van der Waals surface area contributed by atoms with E-state index in [-0.39, 0.29) is 35.6 Å². The number of hydrogen-bond donors (Lipinski definition) is 2. The number of alkyl carbamates (subject to hydrolysis) is 1. The number of nitrogens with one attached hydrogen (secondary N) is 2. The average molecular weight is 708 g/mol. The zero-order valence-corrected chi connectivity index (χ0v) is 31.0. The van der Waals surface area contributed by atoms with E-state index < -0.39 is 12.1 Å². The van der Waals surface area contributed by atoms with E-state index in [1.807, 2.05) is 31.1 Å². The van der Waals surface area contributed by atoms with Crippen molar-refractivity contribution in [2.24, 2.45) is 27.7 Å². The van der Waals surface area contributed by atoms with Gasteiger partial charge in [-0.3, -0.25) is 19.6 Å². The summed E-state index contributed by atoms with van der Waals surface area (Å²) in [6.07, 6.45) is 11.6. The van der Waals surface area contributed by atoms with E-state index in [9.17, 15) is 14.4 Å². The van der Waals surface area contributed by atoms with Gasteiger partial charge in [0.25, 0.3) is 0 Å². The van der Waals surface area contributed by atoms with Crippen LogP contribution >= 0.6 is 0 Å². The Bertz CT molecular complexity index is 1730. The zero-order chi connectivity index (χ0) is 36.6. The number of likely N-dealkylation sites (tertiary alicyclic amines) is 1. The second kappa shape index (κ2) is 17.3. The zero-order valence-electron chi connectivity index (χ0n) is 31.0. The van der Waals surface area contributed by atoms with Crippen molar-refractivity contribution in [1.82, 2.24) is 15.5 Å². The monoisotopic (exact) mass is 707 g/mol. The minimum Gasteiger partial charge on any atom is -0.453 e. The van der Waals surface area contributed by atoms with Gasteiger partial charge in [-0.15, -0.1) is 0 Å². The maximum atomic E-state index is 13.5. The number of ether oxygens (including phenoxy) is 2. The van der Waals surface area contributed by atoms with Gasteiger partial charge in [-0.25, -0.2) is 4.79 Å². The van der Waals surface area contributed by atoms with Crippen LogP contribution in [0.2, 0.25) is 0 Å². The number of allylic oxidation sites excluding steroid dienone is 2. The first-order valence-corrected chi connectivity index (χ1v) is 18.9. The number of rotatable bonds is 13.